The number of carbonyl (C=O) groups excluding carboxylic acids is 2. The number of amides is 2. The molecule has 2 aromatic rings. The van der Waals surface area contributed by atoms with Crippen molar-refractivity contribution in [3.05, 3.63) is 65.2 Å². The average Bonchev–Trinajstić information content (AvgIpc) is 2.63. The van der Waals surface area contributed by atoms with Gasteiger partial charge in [-0.2, -0.15) is 0 Å². The zero-order valence-electron chi connectivity index (χ0n) is 16.7. The van der Waals surface area contributed by atoms with Crippen molar-refractivity contribution < 1.29 is 14.3 Å². The summed E-state index contributed by atoms with van der Waals surface area (Å²) in [5.74, 6) is 0.422. The van der Waals surface area contributed by atoms with Gasteiger partial charge in [0.05, 0.1) is 0 Å². The number of carbonyl (C=O) groups is 2. The number of rotatable bonds is 5. The van der Waals surface area contributed by atoms with Crippen LogP contribution in [-0.4, -0.2) is 11.8 Å². The average molecular weight is 380 g/mol. The van der Waals surface area contributed by atoms with E-state index in [1.54, 1.807) is 12.1 Å². The minimum atomic E-state index is -0.321. The zero-order valence-corrected chi connectivity index (χ0v) is 16.7. The third-order valence-corrected chi connectivity index (χ3v) is 5.12. The van der Waals surface area contributed by atoms with Gasteiger partial charge in [0.25, 0.3) is 5.91 Å². The minimum Gasteiger partial charge on any atom is -0.489 e. The second kappa shape index (κ2) is 8.46. The maximum Gasteiger partial charge on any atom is 0.269 e. The molecule has 3 rings (SSSR count). The van der Waals surface area contributed by atoms with Crippen molar-refractivity contribution in [1.29, 1.82) is 0 Å². The predicted molar refractivity (Wildman–Crippen MR) is 109 cm³/mol. The Kier molecular flexibility index (Phi) is 6.02. The van der Waals surface area contributed by atoms with Gasteiger partial charge in [0.2, 0.25) is 5.91 Å². The lowest BCUT2D eigenvalue weighted by Crippen LogP contribution is -2.46. The molecule has 2 aromatic carbocycles. The second-order valence-corrected chi connectivity index (χ2v) is 8.33. The Labute approximate surface area is 166 Å². The van der Waals surface area contributed by atoms with Crippen LogP contribution in [-0.2, 0) is 16.8 Å². The van der Waals surface area contributed by atoms with Gasteiger partial charge in [-0.15, -0.1) is 0 Å². The summed E-state index contributed by atoms with van der Waals surface area (Å²) >= 11 is 0. The maximum atomic E-state index is 12.1. The van der Waals surface area contributed by atoms with Gasteiger partial charge in [0.1, 0.15) is 12.4 Å². The Morgan fingerprint density at radius 1 is 0.964 bits per heavy atom. The van der Waals surface area contributed by atoms with Crippen LogP contribution < -0.4 is 15.6 Å². The molecular formula is C23H28N2O3. The van der Waals surface area contributed by atoms with E-state index in [0.717, 1.165) is 30.6 Å². The van der Waals surface area contributed by atoms with E-state index in [4.69, 9.17) is 4.74 Å². The Hall–Kier alpha value is -2.82. The standard InChI is InChI=1S/C23H28N2O3/c1-23(2,3)19-11-13-20(14-12-19)28-15-16-7-9-18(10-8-16)22(27)25-24-21(26)17-5-4-6-17/h7-14,17H,4-6,15H2,1-3H3,(H,24,26)(H,25,27). The molecule has 0 aromatic heterocycles. The van der Waals surface area contributed by atoms with Crippen molar-refractivity contribution >= 4 is 11.8 Å². The largest absolute Gasteiger partial charge is 0.489 e. The van der Waals surface area contributed by atoms with E-state index in [2.05, 4.69) is 43.8 Å². The van der Waals surface area contributed by atoms with Gasteiger partial charge in [-0.25, -0.2) is 0 Å². The molecule has 0 spiro atoms. The quantitative estimate of drug-likeness (QED) is 0.767. The molecule has 2 amide bonds. The van der Waals surface area contributed by atoms with Crippen LogP contribution in [0.15, 0.2) is 48.5 Å². The lowest BCUT2D eigenvalue weighted by atomic mass is 9.85. The first kappa shape index (κ1) is 19.9. The van der Waals surface area contributed by atoms with Crippen molar-refractivity contribution in [2.75, 3.05) is 0 Å². The van der Waals surface area contributed by atoms with Crippen LogP contribution in [0.25, 0.3) is 0 Å². The van der Waals surface area contributed by atoms with Gasteiger partial charge in [0.15, 0.2) is 0 Å². The molecule has 1 aliphatic carbocycles. The molecule has 0 unspecified atom stereocenters. The normalized spacial score (nSPS) is 14.1. The van der Waals surface area contributed by atoms with Gasteiger partial charge in [-0.3, -0.25) is 20.4 Å². The highest BCUT2D eigenvalue weighted by atomic mass is 16.5. The third kappa shape index (κ3) is 5.12. The van der Waals surface area contributed by atoms with E-state index in [-0.39, 0.29) is 23.1 Å². The fourth-order valence-electron chi connectivity index (χ4n) is 2.93. The molecule has 28 heavy (non-hydrogen) atoms. The fraction of sp³-hybridized carbons (Fsp3) is 0.391. The van der Waals surface area contributed by atoms with E-state index >= 15 is 0 Å². The highest BCUT2D eigenvalue weighted by molar-refractivity contribution is 5.95. The first-order chi connectivity index (χ1) is 13.3. The first-order valence-corrected chi connectivity index (χ1v) is 9.75. The van der Waals surface area contributed by atoms with Gasteiger partial charge < -0.3 is 4.74 Å². The van der Waals surface area contributed by atoms with Crippen molar-refractivity contribution in [2.45, 2.75) is 52.1 Å². The molecule has 1 saturated carbocycles. The molecule has 0 saturated heterocycles. The number of nitrogens with one attached hydrogen (secondary N) is 2. The summed E-state index contributed by atoms with van der Waals surface area (Å²) in [6, 6.07) is 15.3. The molecule has 0 aliphatic heterocycles. The number of ether oxygens (including phenoxy) is 1. The molecule has 1 fully saturated rings. The van der Waals surface area contributed by atoms with Crippen LogP contribution in [0.4, 0.5) is 0 Å². The molecule has 2 N–H and O–H groups in total. The second-order valence-electron chi connectivity index (χ2n) is 8.33. The lowest BCUT2D eigenvalue weighted by molar-refractivity contribution is -0.128. The van der Waals surface area contributed by atoms with Crippen molar-refractivity contribution in [3.63, 3.8) is 0 Å². The highest BCUT2D eigenvalue weighted by Gasteiger charge is 2.25. The molecule has 5 nitrogen and oxygen atoms in total. The topological polar surface area (TPSA) is 67.4 Å². The van der Waals surface area contributed by atoms with Gasteiger partial charge in [0, 0.05) is 11.5 Å². The number of benzene rings is 2. The smallest absolute Gasteiger partial charge is 0.269 e. The highest BCUT2D eigenvalue weighted by Crippen LogP contribution is 2.26. The Morgan fingerprint density at radius 3 is 2.14 bits per heavy atom. The lowest BCUT2D eigenvalue weighted by Gasteiger charge is -2.23. The molecular weight excluding hydrogens is 352 g/mol. The maximum absolute atomic E-state index is 12.1. The number of hydrazine groups is 1. The summed E-state index contributed by atoms with van der Waals surface area (Å²) < 4.78 is 5.83. The molecule has 1 aliphatic rings. The van der Waals surface area contributed by atoms with Crippen LogP contribution in [0.1, 0.15) is 61.5 Å². The van der Waals surface area contributed by atoms with E-state index < -0.39 is 0 Å². The molecule has 0 atom stereocenters. The molecule has 5 heteroatoms. The van der Waals surface area contributed by atoms with Crippen LogP contribution >= 0.6 is 0 Å². The van der Waals surface area contributed by atoms with Crippen LogP contribution in [0, 0.1) is 5.92 Å². The Morgan fingerprint density at radius 2 is 1.61 bits per heavy atom. The molecule has 148 valence electrons. The van der Waals surface area contributed by atoms with Crippen LogP contribution in [0.2, 0.25) is 0 Å². The zero-order chi connectivity index (χ0) is 20.1. The van der Waals surface area contributed by atoms with Crippen LogP contribution in [0.3, 0.4) is 0 Å². The summed E-state index contributed by atoms with van der Waals surface area (Å²) in [7, 11) is 0. The summed E-state index contributed by atoms with van der Waals surface area (Å²) in [5.41, 5.74) is 7.81. The minimum absolute atomic E-state index is 0.0392. The van der Waals surface area contributed by atoms with Gasteiger partial charge in [-0.05, 0) is 53.6 Å². The molecule has 0 radical (unpaired) electrons. The molecule has 0 heterocycles. The van der Waals surface area contributed by atoms with E-state index in [1.807, 2.05) is 24.3 Å². The summed E-state index contributed by atoms with van der Waals surface area (Å²) in [4.78, 5) is 23.9. The monoisotopic (exact) mass is 380 g/mol. The van der Waals surface area contributed by atoms with Crippen LogP contribution in [0.5, 0.6) is 5.75 Å². The van der Waals surface area contributed by atoms with Crippen molar-refractivity contribution in [1.82, 2.24) is 10.9 Å². The Balaban J connectivity index is 1.48. The van der Waals surface area contributed by atoms with Crippen molar-refractivity contribution in [2.24, 2.45) is 5.92 Å². The van der Waals surface area contributed by atoms with E-state index in [9.17, 15) is 9.59 Å². The SMILES string of the molecule is CC(C)(C)c1ccc(OCc2ccc(C(=O)NNC(=O)C3CCC3)cc2)cc1. The third-order valence-electron chi connectivity index (χ3n) is 5.12. The Bertz CT molecular complexity index is 816. The van der Waals surface area contributed by atoms with Crippen molar-refractivity contribution in [3.8, 4) is 5.75 Å². The van der Waals surface area contributed by atoms with Gasteiger partial charge in [-0.1, -0.05) is 51.5 Å². The number of hydrogen-bond donors (Lipinski definition) is 2. The molecule has 0 bridgehead atoms. The summed E-state index contributed by atoms with van der Waals surface area (Å²) in [6.07, 6.45) is 2.88. The first-order valence-electron chi connectivity index (χ1n) is 9.75. The summed E-state index contributed by atoms with van der Waals surface area (Å²) in [5, 5.41) is 0. The summed E-state index contributed by atoms with van der Waals surface area (Å²) in [6.45, 7) is 6.97. The predicted octanol–water partition coefficient (Wildman–Crippen LogP) is 4.12. The van der Waals surface area contributed by atoms with Gasteiger partial charge >= 0.3 is 0 Å². The van der Waals surface area contributed by atoms with E-state index in [1.165, 1.54) is 5.56 Å². The number of hydrogen-bond acceptors (Lipinski definition) is 3. The van der Waals surface area contributed by atoms with E-state index in [0.29, 0.717) is 12.2 Å². The fourth-order valence-corrected chi connectivity index (χ4v) is 2.93.